The molecule has 0 bridgehead atoms. The van der Waals surface area contributed by atoms with Gasteiger partial charge in [-0.3, -0.25) is 0 Å². The maximum Gasteiger partial charge on any atom is 0.408 e. The van der Waals surface area contributed by atoms with Crippen LogP contribution >= 0.6 is 11.8 Å². The van der Waals surface area contributed by atoms with Crippen molar-refractivity contribution in [3.05, 3.63) is 0 Å². The van der Waals surface area contributed by atoms with Gasteiger partial charge in [0.2, 0.25) is 0 Å². The van der Waals surface area contributed by atoms with Crippen LogP contribution in [0.25, 0.3) is 0 Å². The Kier molecular flexibility index (Phi) is 6.51. The SMILES string of the molecule is C#CCSC[C@H](NC(=O)OC(C)(C)C)C(=O)O. The number of aliphatic carboxylic acids is 1. The molecule has 0 aliphatic carbocycles. The van der Waals surface area contributed by atoms with Crippen LogP contribution in [0, 0.1) is 12.3 Å². The molecule has 96 valence electrons. The third-order valence-corrected chi connectivity index (χ3v) is 2.40. The molecule has 0 rings (SSSR count). The summed E-state index contributed by atoms with van der Waals surface area (Å²) in [6.45, 7) is 5.11. The van der Waals surface area contributed by atoms with E-state index in [0.717, 1.165) is 0 Å². The molecular formula is C11H17NO4S. The summed E-state index contributed by atoms with van der Waals surface area (Å²) < 4.78 is 4.96. The van der Waals surface area contributed by atoms with Crippen molar-refractivity contribution in [2.45, 2.75) is 32.4 Å². The van der Waals surface area contributed by atoms with Gasteiger partial charge in [0.15, 0.2) is 0 Å². The van der Waals surface area contributed by atoms with Crippen LogP contribution in [-0.4, -0.2) is 40.3 Å². The first kappa shape index (κ1) is 15.7. The Labute approximate surface area is 105 Å². The maximum atomic E-state index is 11.4. The van der Waals surface area contributed by atoms with Gasteiger partial charge in [-0.15, -0.1) is 18.2 Å². The molecule has 0 aromatic carbocycles. The van der Waals surface area contributed by atoms with Crippen LogP contribution in [0.1, 0.15) is 20.8 Å². The molecular weight excluding hydrogens is 242 g/mol. The molecule has 0 aliphatic rings. The van der Waals surface area contributed by atoms with Crippen molar-refractivity contribution < 1.29 is 19.4 Å². The zero-order chi connectivity index (χ0) is 13.5. The van der Waals surface area contributed by atoms with E-state index in [-0.39, 0.29) is 5.75 Å². The number of carbonyl (C=O) groups is 2. The Morgan fingerprint density at radius 2 is 2.12 bits per heavy atom. The Morgan fingerprint density at radius 1 is 1.53 bits per heavy atom. The molecule has 0 radical (unpaired) electrons. The van der Waals surface area contributed by atoms with Gasteiger partial charge in [-0.1, -0.05) is 5.92 Å². The number of ether oxygens (including phenoxy) is 1. The Bertz CT molecular complexity index is 316. The van der Waals surface area contributed by atoms with Gasteiger partial charge >= 0.3 is 12.1 Å². The number of carboxylic acid groups (broad SMARTS) is 1. The van der Waals surface area contributed by atoms with E-state index < -0.39 is 23.7 Å². The van der Waals surface area contributed by atoms with Gasteiger partial charge in [0, 0.05) is 5.75 Å². The summed E-state index contributed by atoms with van der Waals surface area (Å²) in [5.41, 5.74) is -0.654. The van der Waals surface area contributed by atoms with E-state index in [0.29, 0.717) is 5.75 Å². The molecule has 0 unspecified atom stereocenters. The second-order valence-electron chi connectivity index (χ2n) is 4.26. The van der Waals surface area contributed by atoms with E-state index in [9.17, 15) is 9.59 Å². The highest BCUT2D eigenvalue weighted by atomic mass is 32.2. The smallest absolute Gasteiger partial charge is 0.408 e. The number of terminal acetylenes is 1. The number of hydrogen-bond donors (Lipinski definition) is 2. The van der Waals surface area contributed by atoms with Gasteiger partial charge in [0.05, 0.1) is 5.75 Å². The molecule has 1 atom stereocenters. The molecule has 0 saturated carbocycles. The third kappa shape index (κ3) is 8.46. The van der Waals surface area contributed by atoms with Crippen LogP contribution in [0.5, 0.6) is 0 Å². The first-order chi connectivity index (χ1) is 7.76. The highest BCUT2D eigenvalue weighted by molar-refractivity contribution is 7.99. The first-order valence-corrected chi connectivity index (χ1v) is 6.15. The summed E-state index contributed by atoms with van der Waals surface area (Å²) in [5.74, 6) is 1.88. The number of nitrogens with one attached hydrogen (secondary N) is 1. The van der Waals surface area contributed by atoms with Crippen LogP contribution < -0.4 is 5.32 Å². The number of rotatable bonds is 5. The molecule has 0 saturated heterocycles. The Balaban J connectivity index is 4.22. The van der Waals surface area contributed by atoms with E-state index >= 15 is 0 Å². The van der Waals surface area contributed by atoms with Crippen LogP contribution in [-0.2, 0) is 9.53 Å². The zero-order valence-corrected chi connectivity index (χ0v) is 11.0. The molecule has 6 heteroatoms. The topological polar surface area (TPSA) is 75.6 Å². The lowest BCUT2D eigenvalue weighted by molar-refractivity contribution is -0.138. The standard InChI is InChI=1S/C11H17NO4S/c1-5-6-17-7-8(9(13)14)12-10(15)16-11(2,3)4/h1,8H,6-7H2,2-4H3,(H,12,15)(H,13,14)/t8-/m0/s1. The largest absolute Gasteiger partial charge is 0.480 e. The summed E-state index contributed by atoms with van der Waals surface area (Å²) in [4.78, 5) is 22.2. The van der Waals surface area contributed by atoms with Crippen molar-refractivity contribution in [3.8, 4) is 12.3 Å². The monoisotopic (exact) mass is 259 g/mol. The third-order valence-electron chi connectivity index (χ3n) is 1.46. The van der Waals surface area contributed by atoms with Crippen molar-refractivity contribution in [2.24, 2.45) is 0 Å². The van der Waals surface area contributed by atoms with E-state index in [1.807, 2.05) is 0 Å². The lowest BCUT2D eigenvalue weighted by Crippen LogP contribution is -2.44. The lowest BCUT2D eigenvalue weighted by atomic mass is 10.2. The predicted molar refractivity (Wildman–Crippen MR) is 67.0 cm³/mol. The van der Waals surface area contributed by atoms with Gasteiger partial charge < -0.3 is 15.2 Å². The van der Waals surface area contributed by atoms with E-state index in [1.165, 1.54) is 11.8 Å². The van der Waals surface area contributed by atoms with Gasteiger partial charge in [-0.05, 0) is 20.8 Å². The summed E-state index contributed by atoms with van der Waals surface area (Å²) in [6.07, 6.45) is 4.30. The van der Waals surface area contributed by atoms with Gasteiger partial charge in [0.1, 0.15) is 11.6 Å². The minimum atomic E-state index is -1.11. The zero-order valence-electron chi connectivity index (χ0n) is 10.1. The normalized spacial score (nSPS) is 12.4. The predicted octanol–water partition coefficient (Wildman–Crippen LogP) is 1.33. The Morgan fingerprint density at radius 3 is 2.53 bits per heavy atom. The van der Waals surface area contributed by atoms with Crippen molar-refractivity contribution >= 4 is 23.8 Å². The summed E-state index contributed by atoms with van der Waals surface area (Å²) in [5, 5.41) is 11.2. The molecule has 0 aromatic heterocycles. The van der Waals surface area contributed by atoms with Crippen LogP contribution in [0.15, 0.2) is 0 Å². The van der Waals surface area contributed by atoms with Crippen LogP contribution in [0.2, 0.25) is 0 Å². The lowest BCUT2D eigenvalue weighted by Gasteiger charge is -2.21. The molecule has 2 N–H and O–H groups in total. The van der Waals surface area contributed by atoms with Gasteiger partial charge in [-0.2, -0.15) is 0 Å². The number of carboxylic acids is 1. The second-order valence-corrected chi connectivity index (χ2v) is 5.29. The average Bonchev–Trinajstić information content (AvgIpc) is 2.13. The van der Waals surface area contributed by atoms with E-state index in [4.69, 9.17) is 16.3 Å². The highest BCUT2D eigenvalue weighted by Crippen LogP contribution is 2.08. The molecule has 0 fully saturated rings. The Hall–Kier alpha value is -1.35. The van der Waals surface area contributed by atoms with Gasteiger partial charge in [0.25, 0.3) is 0 Å². The summed E-state index contributed by atoms with van der Waals surface area (Å²) in [6, 6.07) is -0.997. The fourth-order valence-electron chi connectivity index (χ4n) is 0.860. The number of carbonyl (C=O) groups excluding carboxylic acids is 1. The number of hydrogen-bond acceptors (Lipinski definition) is 4. The van der Waals surface area contributed by atoms with Crippen molar-refractivity contribution in [2.75, 3.05) is 11.5 Å². The molecule has 0 spiro atoms. The number of thioether (sulfide) groups is 1. The summed E-state index contributed by atoms with van der Waals surface area (Å²) >= 11 is 1.26. The van der Waals surface area contributed by atoms with Gasteiger partial charge in [-0.25, -0.2) is 9.59 Å². The minimum Gasteiger partial charge on any atom is -0.480 e. The molecule has 0 heterocycles. The molecule has 5 nitrogen and oxygen atoms in total. The van der Waals surface area contributed by atoms with Crippen LogP contribution in [0.4, 0.5) is 4.79 Å². The molecule has 0 aromatic rings. The van der Waals surface area contributed by atoms with Crippen molar-refractivity contribution in [1.29, 1.82) is 0 Å². The summed E-state index contributed by atoms with van der Waals surface area (Å²) in [7, 11) is 0. The van der Waals surface area contributed by atoms with Crippen molar-refractivity contribution in [3.63, 3.8) is 0 Å². The average molecular weight is 259 g/mol. The first-order valence-electron chi connectivity index (χ1n) is 5.00. The maximum absolute atomic E-state index is 11.4. The molecule has 17 heavy (non-hydrogen) atoms. The number of alkyl carbamates (subject to hydrolysis) is 1. The second kappa shape index (κ2) is 7.07. The van der Waals surface area contributed by atoms with E-state index in [2.05, 4.69) is 11.2 Å². The van der Waals surface area contributed by atoms with E-state index in [1.54, 1.807) is 20.8 Å². The highest BCUT2D eigenvalue weighted by Gasteiger charge is 2.23. The quantitative estimate of drug-likeness (QED) is 0.575. The fraction of sp³-hybridized carbons (Fsp3) is 0.636. The minimum absolute atomic E-state index is 0.207. The number of amides is 1. The van der Waals surface area contributed by atoms with Crippen molar-refractivity contribution in [1.82, 2.24) is 5.32 Å². The molecule has 0 aliphatic heterocycles. The van der Waals surface area contributed by atoms with Crippen LogP contribution in [0.3, 0.4) is 0 Å². The fourth-order valence-corrected chi connectivity index (χ4v) is 1.56. The molecule has 1 amide bonds.